The number of ketones is 1. The lowest BCUT2D eigenvalue weighted by atomic mass is 9.48. The molecule has 0 aromatic carbocycles. The highest BCUT2D eigenvalue weighted by Gasteiger charge is 2.62. The Morgan fingerprint density at radius 3 is 2.83 bits per heavy atom. The van der Waals surface area contributed by atoms with Crippen molar-refractivity contribution >= 4 is 5.78 Å². The quantitative estimate of drug-likeness (QED) is 0.656. The van der Waals surface area contributed by atoms with E-state index in [-0.39, 0.29) is 0 Å². The van der Waals surface area contributed by atoms with Crippen LogP contribution in [0.5, 0.6) is 0 Å². The zero-order chi connectivity index (χ0) is 12.3. The van der Waals surface area contributed by atoms with Gasteiger partial charge in [0.15, 0.2) is 0 Å². The minimum Gasteiger partial charge on any atom is -0.299 e. The molecule has 5 atom stereocenters. The summed E-state index contributed by atoms with van der Waals surface area (Å²) in [6, 6.07) is 0. The van der Waals surface area contributed by atoms with Gasteiger partial charge in [0.05, 0.1) is 0 Å². The van der Waals surface area contributed by atoms with E-state index in [4.69, 9.17) is 0 Å². The third-order valence-corrected chi connectivity index (χ3v) is 6.50. The molecule has 3 unspecified atom stereocenters. The molecule has 2 saturated heterocycles. The SMILES string of the molecule is C[C@@H]1CC2CC(=O)C3CCCN4CCCC2[C@@]34C1. The predicted octanol–water partition coefficient (Wildman–Crippen LogP) is 2.87. The molecular formula is C16H25NO. The number of nitrogens with zero attached hydrogens (tertiary/aromatic N) is 1. The molecular weight excluding hydrogens is 222 g/mol. The second-order valence-corrected chi connectivity index (χ2v) is 7.40. The summed E-state index contributed by atoms with van der Waals surface area (Å²) in [5.41, 5.74) is 0.314. The van der Waals surface area contributed by atoms with E-state index >= 15 is 0 Å². The number of rotatable bonds is 0. The van der Waals surface area contributed by atoms with Crippen LogP contribution in [0.4, 0.5) is 0 Å². The molecule has 18 heavy (non-hydrogen) atoms. The smallest absolute Gasteiger partial charge is 0.138 e. The molecule has 0 radical (unpaired) electrons. The average molecular weight is 247 g/mol. The van der Waals surface area contributed by atoms with Crippen LogP contribution in [0.15, 0.2) is 0 Å². The van der Waals surface area contributed by atoms with Crippen molar-refractivity contribution in [3.05, 3.63) is 0 Å². The third kappa shape index (κ3) is 1.31. The Hall–Kier alpha value is -0.370. The van der Waals surface area contributed by atoms with Crippen molar-refractivity contribution < 1.29 is 4.79 Å². The van der Waals surface area contributed by atoms with Gasteiger partial charge >= 0.3 is 0 Å². The molecule has 2 bridgehead atoms. The maximum Gasteiger partial charge on any atom is 0.138 e. The van der Waals surface area contributed by atoms with E-state index in [0.717, 1.165) is 24.2 Å². The zero-order valence-electron chi connectivity index (χ0n) is 11.5. The second-order valence-electron chi connectivity index (χ2n) is 7.40. The van der Waals surface area contributed by atoms with Gasteiger partial charge < -0.3 is 0 Å². The number of piperidine rings is 2. The lowest BCUT2D eigenvalue weighted by Gasteiger charge is -2.65. The van der Waals surface area contributed by atoms with Crippen molar-refractivity contribution in [2.45, 2.75) is 57.4 Å². The van der Waals surface area contributed by atoms with Crippen molar-refractivity contribution in [2.24, 2.45) is 23.7 Å². The van der Waals surface area contributed by atoms with Gasteiger partial charge in [-0.3, -0.25) is 9.69 Å². The minimum atomic E-state index is 0.314. The highest BCUT2D eigenvalue weighted by atomic mass is 16.1. The van der Waals surface area contributed by atoms with Gasteiger partial charge in [-0.25, -0.2) is 0 Å². The molecule has 2 nitrogen and oxygen atoms in total. The highest BCUT2D eigenvalue weighted by Crippen LogP contribution is 2.59. The molecule has 2 heteroatoms. The average Bonchev–Trinajstić information content (AvgIpc) is 2.33. The monoisotopic (exact) mass is 247 g/mol. The van der Waals surface area contributed by atoms with Crippen LogP contribution in [0.25, 0.3) is 0 Å². The van der Waals surface area contributed by atoms with Crippen molar-refractivity contribution in [2.75, 3.05) is 13.1 Å². The summed E-state index contributed by atoms with van der Waals surface area (Å²) in [6.45, 7) is 4.95. The Morgan fingerprint density at radius 1 is 1.22 bits per heavy atom. The molecule has 100 valence electrons. The van der Waals surface area contributed by atoms with Gasteiger partial charge in [-0.2, -0.15) is 0 Å². The van der Waals surface area contributed by atoms with Crippen LogP contribution in [0.3, 0.4) is 0 Å². The molecule has 1 spiro atoms. The first-order valence-electron chi connectivity index (χ1n) is 7.99. The van der Waals surface area contributed by atoms with Gasteiger partial charge in [0.2, 0.25) is 0 Å². The Balaban J connectivity index is 1.82. The second kappa shape index (κ2) is 3.82. The number of Topliss-reactive ketones (excluding diaryl/α,β-unsaturated/α-hetero) is 1. The number of carbonyl (C=O) groups is 1. The van der Waals surface area contributed by atoms with Gasteiger partial charge in [-0.1, -0.05) is 6.92 Å². The molecule has 4 rings (SSSR count). The number of hydrogen-bond donors (Lipinski definition) is 0. The van der Waals surface area contributed by atoms with Crippen LogP contribution in [0.2, 0.25) is 0 Å². The molecule has 2 heterocycles. The van der Waals surface area contributed by atoms with Crippen LogP contribution in [0.1, 0.15) is 51.9 Å². The van der Waals surface area contributed by atoms with Gasteiger partial charge in [0, 0.05) is 17.9 Å². The summed E-state index contributed by atoms with van der Waals surface area (Å²) in [5, 5.41) is 0. The Labute approximate surface area is 110 Å². The first-order chi connectivity index (χ1) is 8.72. The summed E-state index contributed by atoms with van der Waals surface area (Å²) in [5.74, 6) is 3.43. The van der Waals surface area contributed by atoms with E-state index in [2.05, 4.69) is 11.8 Å². The Morgan fingerprint density at radius 2 is 2.00 bits per heavy atom. The zero-order valence-corrected chi connectivity index (χ0v) is 11.5. The van der Waals surface area contributed by atoms with E-state index in [1.807, 2.05) is 0 Å². The molecule has 4 fully saturated rings. The van der Waals surface area contributed by atoms with E-state index in [1.165, 1.54) is 51.6 Å². The summed E-state index contributed by atoms with van der Waals surface area (Å²) in [4.78, 5) is 15.3. The van der Waals surface area contributed by atoms with E-state index in [1.54, 1.807) is 0 Å². The van der Waals surface area contributed by atoms with Crippen LogP contribution in [-0.2, 0) is 4.79 Å². The minimum absolute atomic E-state index is 0.314. The predicted molar refractivity (Wildman–Crippen MR) is 71.3 cm³/mol. The molecule has 2 saturated carbocycles. The first-order valence-corrected chi connectivity index (χ1v) is 7.99. The van der Waals surface area contributed by atoms with Crippen molar-refractivity contribution in [3.8, 4) is 0 Å². The highest BCUT2D eigenvalue weighted by molar-refractivity contribution is 5.84. The van der Waals surface area contributed by atoms with Gasteiger partial charge in [-0.05, 0) is 69.4 Å². The summed E-state index contributed by atoms with van der Waals surface area (Å²) in [6.07, 6.45) is 8.75. The van der Waals surface area contributed by atoms with Crippen LogP contribution in [0, 0.1) is 23.7 Å². The standard InChI is InChI=1S/C16H25NO/c1-11-8-12-9-15(18)14-5-3-7-17-6-2-4-13(12)16(14,17)10-11/h11-14H,2-10H2,1H3/t11-,12?,13?,14?,16+/m1/s1. The maximum absolute atomic E-state index is 12.5. The molecule has 2 aliphatic carbocycles. The maximum atomic E-state index is 12.5. The van der Waals surface area contributed by atoms with Crippen molar-refractivity contribution in [1.29, 1.82) is 0 Å². The van der Waals surface area contributed by atoms with Crippen molar-refractivity contribution in [3.63, 3.8) is 0 Å². The topological polar surface area (TPSA) is 20.3 Å². The van der Waals surface area contributed by atoms with Gasteiger partial charge in [0.25, 0.3) is 0 Å². The fourth-order valence-electron chi connectivity index (χ4n) is 6.18. The first kappa shape index (κ1) is 11.5. The summed E-state index contributed by atoms with van der Waals surface area (Å²) >= 11 is 0. The van der Waals surface area contributed by atoms with Crippen LogP contribution in [-0.4, -0.2) is 29.3 Å². The summed E-state index contributed by atoms with van der Waals surface area (Å²) < 4.78 is 0. The lowest BCUT2D eigenvalue weighted by Crippen LogP contribution is -2.71. The van der Waals surface area contributed by atoms with E-state index in [0.29, 0.717) is 17.2 Å². The molecule has 2 aliphatic heterocycles. The Bertz CT molecular complexity index is 377. The van der Waals surface area contributed by atoms with Crippen LogP contribution >= 0.6 is 0 Å². The van der Waals surface area contributed by atoms with Gasteiger partial charge in [0.1, 0.15) is 5.78 Å². The number of hydrogen-bond acceptors (Lipinski definition) is 2. The molecule has 0 aromatic rings. The normalized spacial score (nSPS) is 51.9. The van der Waals surface area contributed by atoms with E-state index < -0.39 is 0 Å². The Kier molecular flexibility index (Phi) is 2.43. The molecule has 0 N–H and O–H groups in total. The largest absolute Gasteiger partial charge is 0.299 e. The fraction of sp³-hybridized carbons (Fsp3) is 0.938. The van der Waals surface area contributed by atoms with Crippen LogP contribution < -0.4 is 0 Å². The fourth-order valence-corrected chi connectivity index (χ4v) is 6.18. The molecule has 0 aromatic heterocycles. The lowest BCUT2D eigenvalue weighted by molar-refractivity contribution is -0.172. The number of carbonyl (C=O) groups excluding carboxylic acids is 1. The van der Waals surface area contributed by atoms with Crippen molar-refractivity contribution in [1.82, 2.24) is 4.90 Å². The summed E-state index contributed by atoms with van der Waals surface area (Å²) in [7, 11) is 0. The van der Waals surface area contributed by atoms with Gasteiger partial charge in [-0.15, -0.1) is 0 Å². The molecule has 0 amide bonds. The van der Waals surface area contributed by atoms with E-state index in [9.17, 15) is 4.79 Å². The third-order valence-electron chi connectivity index (χ3n) is 6.50. The molecule has 4 aliphatic rings.